The van der Waals surface area contributed by atoms with E-state index in [1.54, 1.807) is 0 Å². The first-order valence-electron chi connectivity index (χ1n) is 18.5. The summed E-state index contributed by atoms with van der Waals surface area (Å²) >= 11 is 0. The van der Waals surface area contributed by atoms with Crippen molar-refractivity contribution in [2.75, 3.05) is 49.4 Å². The highest BCUT2D eigenvalue weighted by molar-refractivity contribution is 5.44. The molecular formula is C36H44N12O16. The normalized spacial score (nSPS) is 24.0. The van der Waals surface area contributed by atoms with E-state index in [4.69, 9.17) is 62.3 Å². The molecule has 16 N–H and O–H groups in total. The predicted octanol–water partition coefficient (Wildman–Crippen LogP) is -6.07. The number of nitrogens with two attached hydrogens (primary N) is 4. The van der Waals surface area contributed by atoms with Crippen LogP contribution in [0.5, 0.6) is 0 Å². The van der Waals surface area contributed by atoms with Gasteiger partial charge in [0.15, 0.2) is 12.2 Å². The number of aromatic nitrogens is 8. The molecule has 28 heteroatoms. The van der Waals surface area contributed by atoms with E-state index in [0.717, 1.165) is 18.3 Å². The van der Waals surface area contributed by atoms with Crippen LogP contribution in [0.15, 0.2) is 104 Å². The summed E-state index contributed by atoms with van der Waals surface area (Å²) in [7, 11) is 0. The molecule has 8 unspecified atom stereocenters. The second-order valence-corrected chi connectivity index (χ2v) is 13.3. The third kappa shape index (κ3) is 11.5. The Bertz CT molecular complexity index is 2460. The number of aliphatic hydroxyl groups excluding tert-OH is 8. The summed E-state index contributed by atoms with van der Waals surface area (Å²) in [6, 6.07) is 5.72. The molecule has 0 spiro atoms. The van der Waals surface area contributed by atoms with E-state index in [1.807, 2.05) is 0 Å². The second kappa shape index (κ2) is 21.1. The quantitative estimate of drug-likeness (QED) is 0.0783. The van der Waals surface area contributed by atoms with Crippen LogP contribution in [0.1, 0.15) is 12.5 Å². The molecule has 8 atom stereocenters. The van der Waals surface area contributed by atoms with Gasteiger partial charge < -0.3 is 82.7 Å². The summed E-state index contributed by atoms with van der Waals surface area (Å²) in [5.74, 6) is 1.15. The van der Waals surface area contributed by atoms with Crippen LogP contribution in [-0.2, 0) is 18.9 Å². The number of rotatable bonds is 8. The highest BCUT2D eigenvalue weighted by Gasteiger charge is 2.32. The number of hydrogen-bond acceptors (Lipinski definition) is 24. The molecule has 64 heavy (non-hydrogen) atoms. The fraction of sp³-hybridized carbons (Fsp3) is 0.333. The second-order valence-electron chi connectivity index (χ2n) is 13.3. The predicted molar refractivity (Wildman–Crippen MR) is 219 cm³/mol. The third-order valence-electron chi connectivity index (χ3n) is 8.82. The van der Waals surface area contributed by atoms with E-state index in [2.05, 4.69) is 19.9 Å². The monoisotopic (exact) mass is 900 g/mol. The standard InChI is InChI=1S/4C9H11N3O4/c2*10-7-1-2-12(9(15)11-7)8-3-5(14)6(4-13)16-8;2*10-7-1-2-12(9(15)11-7)8-6(14)3-5(4-13)16-8/h2*1-3,5-6,13-14H,4H2,(H2,10,11,15);2*1-3,6,8,13-14H,4H2,(H2,10,11,15). The fourth-order valence-corrected chi connectivity index (χ4v) is 5.70. The van der Waals surface area contributed by atoms with Crippen LogP contribution in [0.25, 0.3) is 11.8 Å². The van der Waals surface area contributed by atoms with Crippen LogP contribution in [0.2, 0.25) is 0 Å². The first-order valence-corrected chi connectivity index (χ1v) is 18.5. The van der Waals surface area contributed by atoms with Gasteiger partial charge in [0, 0.05) is 36.9 Å². The lowest BCUT2D eigenvalue weighted by molar-refractivity contribution is -0.0103. The largest absolute Gasteiger partial charge is 0.470 e. The van der Waals surface area contributed by atoms with Crippen LogP contribution < -0.4 is 45.7 Å². The van der Waals surface area contributed by atoms with Gasteiger partial charge >= 0.3 is 22.8 Å². The summed E-state index contributed by atoms with van der Waals surface area (Å²) in [6.07, 6.45) is 3.72. The van der Waals surface area contributed by atoms with Crippen molar-refractivity contribution in [2.45, 2.75) is 49.1 Å². The number of ether oxygens (including phenoxy) is 4. The van der Waals surface area contributed by atoms with Crippen LogP contribution in [0.3, 0.4) is 0 Å². The lowest BCUT2D eigenvalue weighted by Gasteiger charge is -2.17. The minimum absolute atomic E-state index is 0.101. The summed E-state index contributed by atoms with van der Waals surface area (Å²) in [4.78, 5) is 59.8. The zero-order chi connectivity index (χ0) is 46.8. The molecule has 0 amide bonds. The minimum Gasteiger partial charge on any atom is -0.470 e. The van der Waals surface area contributed by atoms with Gasteiger partial charge in [0.2, 0.25) is 24.2 Å². The highest BCUT2D eigenvalue weighted by Crippen LogP contribution is 2.26. The van der Waals surface area contributed by atoms with Crippen LogP contribution in [0.4, 0.5) is 23.3 Å². The minimum atomic E-state index is -0.995. The maximum absolute atomic E-state index is 11.5. The molecule has 4 aliphatic heterocycles. The number of nitrogen functional groups attached to an aromatic ring is 4. The molecule has 0 saturated carbocycles. The van der Waals surface area contributed by atoms with E-state index in [1.165, 1.54) is 73.4 Å². The van der Waals surface area contributed by atoms with Gasteiger partial charge in [0.1, 0.15) is 72.4 Å². The SMILES string of the molecule is Nc1ccn(C2=CC(O)C(CO)O2)c(=O)n1.Nc1ccn(C2=CC(O)C(CO)O2)c(=O)n1.Nc1ccn(C2OC(CO)=CC2O)c(=O)n1.Nc1ccn(C2OC(CO)=CC2O)c(=O)n1. The van der Waals surface area contributed by atoms with Crippen LogP contribution in [-0.4, -0.2) is 142 Å². The molecule has 0 aromatic carbocycles. The van der Waals surface area contributed by atoms with Gasteiger partial charge in [-0.1, -0.05) is 0 Å². The number of hydrogen-bond donors (Lipinski definition) is 12. The summed E-state index contributed by atoms with van der Waals surface area (Å²) in [5.41, 5.74) is 18.9. The van der Waals surface area contributed by atoms with E-state index in [9.17, 15) is 39.6 Å². The zero-order valence-corrected chi connectivity index (χ0v) is 33.1. The molecule has 0 bridgehead atoms. The molecule has 0 radical (unpaired) electrons. The van der Waals surface area contributed by atoms with Crippen molar-refractivity contribution in [1.29, 1.82) is 0 Å². The van der Waals surface area contributed by atoms with Crippen molar-refractivity contribution >= 4 is 35.0 Å². The molecule has 4 aromatic heterocycles. The number of nitrogens with zero attached hydrogens (tertiary/aromatic N) is 8. The zero-order valence-electron chi connectivity index (χ0n) is 33.1. The van der Waals surface area contributed by atoms with Gasteiger partial charge in [0.05, 0.1) is 13.2 Å². The topological polar surface area (TPSA) is 442 Å². The van der Waals surface area contributed by atoms with Crippen molar-refractivity contribution in [3.63, 3.8) is 0 Å². The number of anilines is 4. The molecule has 0 saturated heterocycles. The smallest absolute Gasteiger partial charge is 0.356 e. The summed E-state index contributed by atoms with van der Waals surface area (Å²) in [5, 5.41) is 73.5. The Morgan fingerprint density at radius 2 is 0.797 bits per heavy atom. The molecular weight excluding hydrogens is 856 g/mol. The van der Waals surface area contributed by atoms with Crippen LogP contribution in [0, 0.1) is 0 Å². The van der Waals surface area contributed by atoms with Crippen molar-refractivity contribution in [3.8, 4) is 0 Å². The molecule has 0 aliphatic carbocycles. The summed E-state index contributed by atoms with van der Waals surface area (Å²) in [6.45, 7) is -1.33. The highest BCUT2D eigenvalue weighted by atomic mass is 16.5. The Kier molecular flexibility index (Phi) is 15.7. The van der Waals surface area contributed by atoms with E-state index < -0.39 is 71.8 Å². The first kappa shape index (κ1) is 47.6. The van der Waals surface area contributed by atoms with Gasteiger partial charge in [-0.25, -0.2) is 28.3 Å². The van der Waals surface area contributed by atoms with Crippen molar-refractivity contribution in [1.82, 2.24) is 38.2 Å². The van der Waals surface area contributed by atoms with Gasteiger partial charge in [0.25, 0.3) is 0 Å². The van der Waals surface area contributed by atoms with Crippen molar-refractivity contribution < 1.29 is 59.8 Å². The molecule has 28 nitrogen and oxygen atoms in total. The third-order valence-corrected chi connectivity index (χ3v) is 8.82. The van der Waals surface area contributed by atoms with E-state index >= 15 is 0 Å². The Morgan fingerprint density at radius 1 is 0.469 bits per heavy atom. The Morgan fingerprint density at radius 3 is 1.06 bits per heavy atom. The maximum atomic E-state index is 11.5. The molecule has 8 heterocycles. The van der Waals surface area contributed by atoms with Crippen LogP contribution >= 0.6 is 0 Å². The van der Waals surface area contributed by atoms with E-state index in [-0.39, 0.29) is 73.0 Å². The molecule has 4 aliphatic rings. The fourth-order valence-electron chi connectivity index (χ4n) is 5.70. The van der Waals surface area contributed by atoms with Gasteiger partial charge in [-0.05, 0) is 36.4 Å². The Balaban J connectivity index is 0.000000161. The molecule has 4 aromatic rings. The lowest BCUT2D eigenvalue weighted by Crippen LogP contribution is -2.32. The summed E-state index contributed by atoms with van der Waals surface area (Å²) < 4.78 is 25.1. The molecule has 0 fully saturated rings. The molecule has 344 valence electrons. The van der Waals surface area contributed by atoms with Gasteiger partial charge in [-0.15, -0.1) is 0 Å². The Hall–Kier alpha value is -7.44. The number of aliphatic hydroxyl groups is 8. The maximum Gasteiger partial charge on any atom is 0.356 e. The molecule has 8 rings (SSSR count). The first-order chi connectivity index (χ1) is 30.5. The van der Waals surface area contributed by atoms with Crippen molar-refractivity contribution in [2.24, 2.45) is 0 Å². The Labute approximate surface area is 358 Å². The van der Waals surface area contributed by atoms with E-state index in [0.29, 0.717) is 0 Å². The van der Waals surface area contributed by atoms with Gasteiger partial charge in [-0.3, -0.25) is 9.13 Å². The lowest BCUT2D eigenvalue weighted by atomic mass is 10.2. The van der Waals surface area contributed by atoms with Gasteiger partial charge in [-0.2, -0.15) is 19.9 Å². The average Bonchev–Trinajstić information content (AvgIpc) is 4.03. The average molecular weight is 901 g/mol. The van der Waals surface area contributed by atoms with Crippen molar-refractivity contribution in [3.05, 3.63) is 127 Å².